The Kier molecular flexibility index (Phi) is 6.95. The van der Waals surface area contributed by atoms with Gasteiger partial charge in [0.05, 0.1) is 23.6 Å². The van der Waals surface area contributed by atoms with Gasteiger partial charge in [0.2, 0.25) is 0 Å². The van der Waals surface area contributed by atoms with Gasteiger partial charge < -0.3 is 9.47 Å². The lowest BCUT2D eigenvalue weighted by atomic mass is 10.1. The van der Waals surface area contributed by atoms with Gasteiger partial charge in [0, 0.05) is 11.9 Å². The molecule has 0 spiro atoms. The summed E-state index contributed by atoms with van der Waals surface area (Å²) < 4.78 is 27.8. The molecule has 0 aliphatic heterocycles. The summed E-state index contributed by atoms with van der Waals surface area (Å²) in [5.74, 6) is -0.517. The Morgan fingerprint density at radius 2 is 1.94 bits per heavy atom. The molecule has 182 valence electrons. The first-order chi connectivity index (χ1) is 16.8. The van der Waals surface area contributed by atoms with Crippen molar-refractivity contribution in [1.82, 2.24) is 19.2 Å². The molecule has 4 aromatic rings. The van der Waals surface area contributed by atoms with E-state index in [0.717, 1.165) is 12.1 Å². The van der Waals surface area contributed by atoms with Crippen LogP contribution >= 0.6 is 0 Å². The van der Waals surface area contributed by atoms with E-state index in [0.29, 0.717) is 40.5 Å². The maximum absolute atomic E-state index is 13.7. The van der Waals surface area contributed by atoms with E-state index in [9.17, 15) is 14.0 Å². The minimum absolute atomic E-state index is 0.250. The molecule has 0 N–H and O–H groups in total. The minimum Gasteiger partial charge on any atom is -0.475 e. The van der Waals surface area contributed by atoms with E-state index in [2.05, 4.69) is 10.1 Å². The van der Waals surface area contributed by atoms with Gasteiger partial charge >= 0.3 is 5.97 Å². The lowest BCUT2D eigenvalue weighted by Crippen LogP contribution is -2.30. The number of aromatic nitrogens is 4. The standard InChI is InChI=1S/C26H27FN4O4/c1-5-9-22(26(33)34-6-2)35-21-12-8-13-30-24(21)28-17(4)23(25(30)32)20-14-16(3)31(29-20)19-11-7-10-18(27)15-19/h7-8,10-15,22H,5-6,9H2,1-4H3. The maximum atomic E-state index is 13.7. The fourth-order valence-corrected chi connectivity index (χ4v) is 3.97. The highest BCUT2D eigenvalue weighted by atomic mass is 19.1. The van der Waals surface area contributed by atoms with Crippen molar-refractivity contribution in [3.8, 4) is 22.7 Å². The average Bonchev–Trinajstić information content (AvgIpc) is 3.20. The summed E-state index contributed by atoms with van der Waals surface area (Å²) in [5, 5.41) is 4.56. The second-order valence-corrected chi connectivity index (χ2v) is 8.15. The van der Waals surface area contributed by atoms with Gasteiger partial charge in [-0.25, -0.2) is 18.9 Å². The lowest BCUT2D eigenvalue weighted by molar-refractivity contribution is -0.151. The van der Waals surface area contributed by atoms with E-state index in [1.807, 2.05) is 13.8 Å². The number of esters is 1. The van der Waals surface area contributed by atoms with Crippen LogP contribution in [-0.4, -0.2) is 37.8 Å². The van der Waals surface area contributed by atoms with Crippen molar-refractivity contribution < 1.29 is 18.7 Å². The number of rotatable bonds is 8. The molecular formula is C26H27FN4O4. The monoisotopic (exact) mass is 478 g/mol. The molecule has 1 unspecified atom stereocenters. The molecule has 3 heterocycles. The first-order valence-electron chi connectivity index (χ1n) is 11.5. The Morgan fingerprint density at radius 1 is 1.14 bits per heavy atom. The minimum atomic E-state index is -0.798. The lowest BCUT2D eigenvalue weighted by Gasteiger charge is -2.18. The predicted octanol–water partition coefficient (Wildman–Crippen LogP) is 4.41. The number of carbonyl (C=O) groups is 1. The van der Waals surface area contributed by atoms with Crippen LogP contribution in [0.25, 0.3) is 22.6 Å². The molecular weight excluding hydrogens is 451 g/mol. The Balaban J connectivity index is 1.78. The smallest absolute Gasteiger partial charge is 0.347 e. The molecule has 0 radical (unpaired) electrons. The van der Waals surface area contributed by atoms with Crippen LogP contribution in [0.4, 0.5) is 4.39 Å². The molecule has 0 amide bonds. The molecule has 1 aromatic carbocycles. The van der Waals surface area contributed by atoms with Crippen LogP contribution < -0.4 is 10.3 Å². The van der Waals surface area contributed by atoms with Gasteiger partial charge in [0.15, 0.2) is 17.5 Å². The first kappa shape index (κ1) is 24.1. The zero-order chi connectivity index (χ0) is 25.1. The van der Waals surface area contributed by atoms with Crippen LogP contribution in [0, 0.1) is 19.7 Å². The van der Waals surface area contributed by atoms with Crippen LogP contribution in [0.15, 0.2) is 53.5 Å². The van der Waals surface area contributed by atoms with Gasteiger partial charge in [-0.2, -0.15) is 5.10 Å². The number of halogens is 1. The van der Waals surface area contributed by atoms with Crippen molar-refractivity contribution in [2.75, 3.05) is 6.61 Å². The normalized spacial score (nSPS) is 12.0. The Hall–Kier alpha value is -4.01. The maximum Gasteiger partial charge on any atom is 0.347 e. The third kappa shape index (κ3) is 4.80. The fourth-order valence-electron chi connectivity index (χ4n) is 3.97. The highest BCUT2D eigenvalue weighted by Crippen LogP contribution is 2.25. The largest absolute Gasteiger partial charge is 0.475 e. The van der Waals surface area contributed by atoms with Crippen LogP contribution in [0.5, 0.6) is 5.75 Å². The van der Waals surface area contributed by atoms with Crippen molar-refractivity contribution in [2.24, 2.45) is 0 Å². The summed E-state index contributed by atoms with van der Waals surface area (Å²) >= 11 is 0. The van der Waals surface area contributed by atoms with Gasteiger partial charge in [0.25, 0.3) is 5.56 Å². The van der Waals surface area contributed by atoms with Gasteiger partial charge in [-0.15, -0.1) is 0 Å². The molecule has 9 heteroatoms. The Bertz CT molecular complexity index is 1440. The van der Waals surface area contributed by atoms with E-state index in [1.54, 1.807) is 55.1 Å². The van der Waals surface area contributed by atoms with Gasteiger partial charge in [-0.3, -0.25) is 9.20 Å². The fraction of sp³-hybridized carbons (Fsp3) is 0.308. The quantitative estimate of drug-likeness (QED) is 0.349. The Morgan fingerprint density at radius 3 is 2.66 bits per heavy atom. The van der Waals surface area contributed by atoms with Gasteiger partial charge in [-0.05, 0) is 63.6 Å². The molecule has 0 aliphatic carbocycles. The number of fused-ring (bicyclic) bond motifs is 1. The summed E-state index contributed by atoms with van der Waals surface area (Å²) in [6.45, 7) is 7.49. The molecule has 0 saturated carbocycles. The third-order valence-electron chi connectivity index (χ3n) is 5.57. The number of nitrogens with zero attached hydrogens (tertiary/aromatic N) is 4. The van der Waals surface area contributed by atoms with Gasteiger partial charge in [-0.1, -0.05) is 19.4 Å². The van der Waals surface area contributed by atoms with E-state index in [4.69, 9.17) is 9.47 Å². The van der Waals surface area contributed by atoms with E-state index in [1.165, 1.54) is 16.5 Å². The number of ether oxygens (including phenoxy) is 2. The molecule has 0 saturated heterocycles. The van der Waals surface area contributed by atoms with E-state index >= 15 is 0 Å². The van der Waals surface area contributed by atoms with Crippen molar-refractivity contribution in [3.05, 3.63) is 76.2 Å². The number of carbonyl (C=O) groups excluding carboxylic acids is 1. The zero-order valence-electron chi connectivity index (χ0n) is 20.1. The number of hydrogen-bond donors (Lipinski definition) is 0. The molecule has 0 fully saturated rings. The van der Waals surface area contributed by atoms with Crippen LogP contribution in [-0.2, 0) is 9.53 Å². The van der Waals surface area contributed by atoms with Crippen LogP contribution in [0.2, 0.25) is 0 Å². The SMILES string of the molecule is CCCC(Oc1cccn2c(=O)c(-c3cc(C)n(-c4cccc(F)c4)n3)c(C)nc12)C(=O)OCC. The molecule has 8 nitrogen and oxygen atoms in total. The highest BCUT2D eigenvalue weighted by molar-refractivity contribution is 5.75. The topological polar surface area (TPSA) is 87.7 Å². The van der Waals surface area contributed by atoms with Gasteiger partial charge in [0.1, 0.15) is 11.5 Å². The molecule has 0 bridgehead atoms. The van der Waals surface area contributed by atoms with E-state index in [-0.39, 0.29) is 18.0 Å². The van der Waals surface area contributed by atoms with Crippen LogP contribution in [0.1, 0.15) is 38.1 Å². The molecule has 1 atom stereocenters. The average molecular weight is 479 g/mol. The van der Waals surface area contributed by atoms with Crippen molar-refractivity contribution in [3.63, 3.8) is 0 Å². The number of benzene rings is 1. The number of aryl methyl sites for hydroxylation is 2. The zero-order valence-corrected chi connectivity index (χ0v) is 20.1. The van der Waals surface area contributed by atoms with Crippen LogP contribution in [0.3, 0.4) is 0 Å². The number of pyridine rings is 1. The molecule has 3 aromatic heterocycles. The second-order valence-electron chi connectivity index (χ2n) is 8.15. The molecule has 0 aliphatic rings. The summed E-state index contributed by atoms with van der Waals surface area (Å²) in [4.78, 5) is 30.5. The van der Waals surface area contributed by atoms with Crippen molar-refractivity contribution in [2.45, 2.75) is 46.6 Å². The molecule has 4 rings (SSSR count). The summed E-state index contributed by atoms with van der Waals surface area (Å²) in [6, 6.07) is 11.2. The summed E-state index contributed by atoms with van der Waals surface area (Å²) in [6.07, 6.45) is 1.99. The third-order valence-corrected chi connectivity index (χ3v) is 5.57. The predicted molar refractivity (Wildman–Crippen MR) is 129 cm³/mol. The second kappa shape index (κ2) is 10.1. The molecule has 35 heavy (non-hydrogen) atoms. The van der Waals surface area contributed by atoms with E-state index < -0.39 is 12.1 Å². The highest BCUT2D eigenvalue weighted by Gasteiger charge is 2.24. The summed E-state index contributed by atoms with van der Waals surface area (Å²) in [7, 11) is 0. The number of hydrogen-bond acceptors (Lipinski definition) is 6. The van der Waals surface area contributed by atoms with Crippen molar-refractivity contribution in [1.29, 1.82) is 0 Å². The summed E-state index contributed by atoms with van der Waals surface area (Å²) in [5.41, 5.74) is 2.47. The van der Waals surface area contributed by atoms with Crippen molar-refractivity contribution >= 4 is 11.6 Å². The Labute approximate surface area is 202 Å². The first-order valence-corrected chi connectivity index (χ1v) is 11.5.